The van der Waals surface area contributed by atoms with Gasteiger partial charge in [-0.1, -0.05) is 6.92 Å². The van der Waals surface area contributed by atoms with Crippen LogP contribution < -0.4 is 0 Å². The van der Waals surface area contributed by atoms with Crippen molar-refractivity contribution in [1.29, 1.82) is 0 Å². The van der Waals surface area contributed by atoms with Crippen LogP contribution in [0.2, 0.25) is 0 Å². The summed E-state index contributed by atoms with van der Waals surface area (Å²) in [5.74, 6) is -0.523. The molecule has 0 aliphatic heterocycles. The van der Waals surface area contributed by atoms with Crippen molar-refractivity contribution in [2.75, 3.05) is 5.75 Å². The zero-order valence-electron chi connectivity index (χ0n) is 10.9. The molecule has 1 atom stereocenters. The molecule has 0 saturated carbocycles. The summed E-state index contributed by atoms with van der Waals surface area (Å²) >= 11 is 0. The van der Waals surface area contributed by atoms with Crippen LogP contribution in [-0.2, 0) is 16.7 Å². The second kappa shape index (κ2) is 4.60. The van der Waals surface area contributed by atoms with E-state index in [1.165, 1.54) is 0 Å². The molecule has 1 N–H and O–H groups in total. The van der Waals surface area contributed by atoms with Crippen LogP contribution in [0.15, 0.2) is 35.1 Å². The summed E-state index contributed by atoms with van der Waals surface area (Å²) < 4.78 is 37.8. The molecule has 1 aromatic carbocycles. The normalized spacial score (nSPS) is 14.1. The van der Waals surface area contributed by atoms with Crippen molar-refractivity contribution in [2.45, 2.75) is 13.5 Å². The minimum Gasteiger partial charge on any atom is -0.464 e. The zero-order chi connectivity index (χ0) is 14.3. The molecule has 0 bridgehead atoms. The summed E-state index contributed by atoms with van der Waals surface area (Å²) in [6.45, 7) is 2.17. The van der Waals surface area contributed by atoms with Crippen molar-refractivity contribution in [1.82, 2.24) is 9.78 Å². The molecule has 2 aromatic heterocycles. The summed E-state index contributed by atoms with van der Waals surface area (Å²) in [5.41, 5.74) is 1.68. The van der Waals surface area contributed by atoms with Gasteiger partial charge in [0, 0.05) is 17.3 Å². The first-order valence-electron chi connectivity index (χ1n) is 6.21. The van der Waals surface area contributed by atoms with Gasteiger partial charge in [-0.25, -0.2) is 0 Å². The molecule has 0 aliphatic rings. The molecule has 0 amide bonds. The lowest BCUT2D eigenvalue weighted by Crippen LogP contribution is -2.18. The van der Waals surface area contributed by atoms with Gasteiger partial charge in [-0.05, 0) is 24.1 Å². The molecule has 0 radical (unpaired) electrons. The van der Waals surface area contributed by atoms with E-state index < -0.39 is 10.1 Å². The Morgan fingerprint density at radius 2 is 2.20 bits per heavy atom. The summed E-state index contributed by atoms with van der Waals surface area (Å²) in [5, 5.41) is 6.21. The molecule has 2 heterocycles. The third-order valence-electron chi connectivity index (χ3n) is 3.21. The highest BCUT2D eigenvalue weighted by Gasteiger charge is 2.16. The van der Waals surface area contributed by atoms with Gasteiger partial charge in [-0.2, -0.15) is 13.5 Å². The highest BCUT2D eigenvalue weighted by Crippen LogP contribution is 2.26. The van der Waals surface area contributed by atoms with E-state index in [4.69, 9.17) is 8.97 Å². The first-order valence-corrected chi connectivity index (χ1v) is 7.82. The fourth-order valence-electron chi connectivity index (χ4n) is 2.47. The summed E-state index contributed by atoms with van der Waals surface area (Å²) in [6.07, 6.45) is 3.35. The highest BCUT2D eigenvalue weighted by molar-refractivity contribution is 7.85. The monoisotopic (exact) mass is 294 g/mol. The van der Waals surface area contributed by atoms with Gasteiger partial charge >= 0.3 is 0 Å². The molecule has 6 nitrogen and oxygen atoms in total. The van der Waals surface area contributed by atoms with Gasteiger partial charge in [0.15, 0.2) is 0 Å². The first kappa shape index (κ1) is 13.1. The lowest BCUT2D eigenvalue weighted by Gasteiger charge is -2.10. The standard InChI is InChI=1S/C13H14N2O4S/c1-9(8-20(16,17)18)7-15-13-10(6-14-15)2-3-12-11(13)4-5-19-12/h2-6,9H,7-8H2,1H3,(H,16,17,18). The topological polar surface area (TPSA) is 85.3 Å². The van der Waals surface area contributed by atoms with Gasteiger partial charge in [0.25, 0.3) is 10.1 Å². The minimum atomic E-state index is -3.97. The van der Waals surface area contributed by atoms with Gasteiger partial charge in [0.05, 0.1) is 23.7 Å². The second-order valence-corrected chi connectivity index (χ2v) is 6.51. The predicted octanol–water partition coefficient (Wildman–Crippen LogP) is 2.31. The lowest BCUT2D eigenvalue weighted by atomic mass is 10.2. The van der Waals surface area contributed by atoms with Gasteiger partial charge in [-0.15, -0.1) is 0 Å². The summed E-state index contributed by atoms with van der Waals surface area (Å²) in [7, 11) is -3.97. The maximum atomic E-state index is 10.9. The largest absolute Gasteiger partial charge is 0.464 e. The molecule has 106 valence electrons. The fourth-order valence-corrected chi connectivity index (χ4v) is 3.30. The fraction of sp³-hybridized carbons (Fsp3) is 0.308. The Balaban J connectivity index is 2.01. The number of hydrogen-bond donors (Lipinski definition) is 1. The average molecular weight is 294 g/mol. The number of aromatic nitrogens is 2. The van der Waals surface area contributed by atoms with E-state index >= 15 is 0 Å². The molecular weight excluding hydrogens is 280 g/mol. The third-order valence-corrected chi connectivity index (χ3v) is 4.20. The van der Waals surface area contributed by atoms with Crippen LogP contribution in [0.3, 0.4) is 0 Å². The Kier molecular flexibility index (Phi) is 3.02. The minimum absolute atomic E-state index is 0.241. The van der Waals surface area contributed by atoms with Crippen molar-refractivity contribution in [3.05, 3.63) is 30.7 Å². The Hall–Kier alpha value is -1.86. The van der Waals surface area contributed by atoms with Crippen LogP contribution >= 0.6 is 0 Å². The summed E-state index contributed by atoms with van der Waals surface area (Å²) in [4.78, 5) is 0. The van der Waals surface area contributed by atoms with E-state index in [2.05, 4.69) is 5.10 Å². The Morgan fingerprint density at radius 3 is 2.95 bits per heavy atom. The molecule has 7 heteroatoms. The number of furan rings is 1. The van der Waals surface area contributed by atoms with E-state index in [1.807, 2.05) is 18.2 Å². The average Bonchev–Trinajstić information content (AvgIpc) is 2.91. The zero-order valence-corrected chi connectivity index (χ0v) is 11.7. The van der Waals surface area contributed by atoms with Crippen LogP contribution in [0.5, 0.6) is 0 Å². The van der Waals surface area contributed by atoms with E-state index in [-0.39, 0.29) is 11.7 Å². The van der Waals surface area contributed by atoms with E-state index in [0.29, 0.717) is 6.54 Å². The predicted molar refractivity (Wildman–Crippen MR) is 75.1 cm³/mol. The smallest absolute Gasteiger partial charge is 0.265 e. The van der Waals surface area contributed by atoms with Crippen LogP contribution in [0.25, 0.3) is 21.9 Å². The van der Waals surface area contributed by atoms with Gasteiger partial charge < -0.3 is 4.42 Å². The maximum absolute atomic E-state index is 10.9. The second-order valence-electron chi connectivity index (χ2n) is 5.02. The van der Waals surface area contributed by atoms with E-state index in [1.54, 1.807) is 24.1 Å². The van der Waals surface area contributed by atoms with Crippen LogP contribution in [0.1, 0.15) is 6.92 Å². The number of rotatable bonds is 4. The molecule has 0 aliphatic carbocycles. The molecule has 0 spiro atoms. The molecule has 20 heavy (non-hydrogen) atoms. The van der Waals surface area contributed by atoms with Crippen LogP contribution in [0, 0.1) is 5.92 Å². The van der Waals surface area contributed by atoms with Gasteiger partial charge in [0.1, 0.15) is 5.58 Å². The number of benzene rings is 1. The van der Waals surface area contributed by atoms with E-state index in [0.717, 1.165) is 21.9 Å². The van der Waals surface area contributed by atoms with Crippen LogP contribution in [-0.4, -0.2) is 28.5 Å². The Bertz CT molecular complexity index is 863. The SMILES string of the molecule is CC(Cn1ncc2ccc3occc3c21)CS(=O)(=O)O. The van der Waals surface area contributed by atoms with Crippen molar-refractivity contribution < 1.29 is 17.4 Å². The molecule has 3 rings (SSSR count). The van der Waals surface area contributed by atoms with Crippen molar-refractivity contribution in [3.63, 3.8) is 0 Å². The maximum Gasteiger partial charge on any atom is 0.265 e. The van der Waals surface area contributed by atoms with E-state index in [9.17, 15) is 8.42 Å². The number of nitrogens with zero attached hydrogens (tertiary/aromatic N) is 2. The Morgan fingerprint density at radius 1 is 1.40 bits per heavy atom. The third kappa shape index (κ3) is 2.41. The van der Waals surface area contributed by atoms with Gasteiger partial charge in [0.2, 0.25) is 0 Å². The molecular formula is C13H14N2O4S. The highest BCUT2D eigenvalue weighted by atomic mass is 32.2. The van der Waals surface area contributed by atoms with Gasteiger partial charge in [-0.3, -0.25) is 9.23 Å². The first-order chi connectivity index (χ1) is 9.44. The van der Waals surface area contributed by atoms with Crippen LogP contribution in [0.4, 0.5) is 0 Å². The molecule has 0 saturated heterocycles. The van der Waals surface area contributed by atoms with Crippen molar-refractivity contribution in [2.24, 2.45) is 5.92 Å². The molecule has 0 fully saturated rings. The lowest BCUT2D eigenvalue weighted by molar-refractivity contribution is 0.445. The Labute approximate surface area is 115 Å². The summed E-state index contributed by atoms with van der Waals surface area (Å²) in [6, 6.07) is 5.66. The number of hydrogen-bond acceptors (Lipinski definition) is 4. The van der Waals surface area contributed by atoms with Crippen molar-refractivity contribution >= 4 is 32.0 Å². The number of fused-ring (bicyclic) bond motifs is 3. The molecule has 3 aromatic rings. The van der Waals surface area contributed by atoms with Crippen molar-refractivity contribution in [3.8, 4) is 0 Å². The quantitative estimate of drug-likeness (QED) is 0.746. The molecule has 1 unspecified atom stereocenters.